The summed E-state index contributed by atoms with van der Waals surface area (Å²) in [4.78, 5) is 10.4. The first-order chi connectivity index (χ1) is 6.95. The molecule has 0 radical (unpaired) electrons. The van der Waals surface area contributed by atoms with E-state index in [9.17, 15) is 4.79 Å². The molecule has 0 bridgehead atoms. The first-order valence-electron chi connectivity index (χ1n) is 6.08. The highest BCUT2D eigenvalue weighted by Gasteiger charge is 2.08. The zero-order chi connectivity index (χ0) is 11.8. The van der Waals surface area contributed by atoms with Crippen LogP contribution in [0.3, 0.4) is 0 Å². The molecule has 0 aliphatic heterocycles. The molecular formula is C14H26O. The summed E-state index contributed by atoms with van der Waals surface area (Å²) >= 11 is 0. The molecule has 0 saturated heterocycles. The summed E-state index contributed by atoms with van der Waals surface area (Å²) in [6, 6.07) is 0. The van der Waals surface area contributed by atoms with Gasteiger partial charge in [0.25, 0.3) is 0 Å². The Balaban J connectivity index is 4.30. The minimum absolute atomic E-state index is 0.492. The van der Waals surface area contributed by atoms with E-state index >= 15 is 0 Å². The number of aldehydes is 1. The van der Waals surface area contributed by atoms with Crippen molar-refractivity contribution in [3.05, 3.63) is 11.6 Å². The molecular weight excluding hydrogens is 184 g/mol. The molecule has 0 rings (SSSR count). The monoisotopic (exact) mass is 210 g/mol. The Hall–Kier alpha value is -0.590. The fraction of sp³-hybridized carbons (Fsp3) is 0.786. The second-order valence-electron chi connectivity index (χ2n) is 5.38. The summed E-state index contributed by atoms with van der Waals surface area (Å²) in [6.45, 7) is 11.1. The number of carbonyl (C=O) groups excluding carboxylic acids is 1. The van der Waals surface area contributed by atoms with E-state index < -0.39 is 0 Å². The Morgan fingerprint density at radius 3 is 2.07 bits per heavy atom. The molecule has 0 aromatic heterocycles. The summed E-state index contributed by atoms with van der Waals surface area (Å²) in [6.07, 6.45) is 6.33. The van der Waals surface area contributed by atoms with E-state index in [1.54, 1.807) is 0 Å². The fourth-order valence-corrected chi connectivity index (χ4v) is 1.91. The lowest BCUT2D eigenvalue weighted by Gasteiger charge is -2.15. The Morgan fingerprint density at radius 2 is 1.67 bits per heavy atom. The van der Waals surface area contributed by atoms with E-state index in [-0.39, 0.29) is 0 Å². The number of carbonyl (C=O) groups is 1. The first kappa shape index (κ1) is 14.4. The highest BCUT2D eigenvalue weighted by Crippen LogP contribution is 2.22. The molecule has 0 heterocycles. The van der Waals surface area contributed by atoms with Crippen LogP contribution in [0.1, 0.15) is 53.9 Å². The predicted molar refractivity (Wildman–Crippen MR) is 66.8 cm³/mol. The quantitative estimate of drug-likeness (QED) is 0.454. The van der Waals surface area contributed by atoms with Crippen molar-refractivity contribution < 1.29 is 4.79 Å². The lowest BCUT2D eigenvalue weighted by molar-refractivity contribution is -0.108. The third kappa shape index (κ3) is 8.41. The molecule has 88 valence electrons. The van der Waals surface area contributed by atoms with Crippen molar-refractivity contribution >= 4 is 6.29 Å². The molecule has 0 aliphatic carbocycles. The maximum Gasteiger partial charge on any atom is 0.120 e. The largest absolute Gasteiger partial charge is 0.303 e. The molecule has 1 atom stereocenters. The summed E-state index contributed by atoms with van der Waals surface area (Å²) in [5.74, 6) is 1.81. The summed E-state index contributed by atoms with van der Waals surface area (Å²) in [5.41, 5.74) is 1.52. The topological polar surface area (TPSA) is 17.1 Å². The van der Waals surface area contributed by atoms with Crippen molar-refractivity contribution in [1.82, 2.24) is 0 Å². The van der Waals surface area contributed by atoms with Gasteiger partial charge in [0.1, 0.15) is 6.29 Å². The fourth-order valence-electron chi connectivity index (χ4n) is 1.91. The van der Waals surface area contributed by atoms with Crippen LogP contribution >= 0.6 is 0 Å². The number of rotatable bonds is 7. The minimum Gasteiger partial charge on any atom is -0.303 e. The van der Waals surface area contributed by atoms with Gasteiger partial charge in [-0.05, 0) is 30.6 Å². The molecule has 0 aromatic carbocycles. The average Bonchev–Trinajstić information content (AvgIpc) is 2.00. The molecule has 0 N–H and O–H groups in total. The van der Waals surface area contributed by atoms with Crippen LogP contribution in [0.15, 0.2) is 11.6 Å². The SMILES string of the molecule is CC(C)C=C(CC(C)C)CC(C)CC=O. The molecule has 1 unspecified atom stereocenters. The third-order valence-electron chi connectivity index (χ3n) is 2.35. The van der Waals surface area contributed by atoms with Gasteiger partial charge in [-0.25, -0.2) is 0 Å². The predicted octanol–water partition coefficient (Wildman–Crippen LogP) is 4.23. The van der Waals surface area contributed by atoms with Crippen LogP contribution in [0.2, 0.25) is 0 Å². The van der Waals surface area contributed by atoms with Gasteiger partial charge < -0.3 is 4.79 Å². The molecule has 0 fully saturated rings. The summed E-state index contributed by atoms with van der Waals surface area (Å²) in [7, 11) is 0. The first-order valence-corrected chi connectivity index (χ1v) is 6.08. The van der Waals surface area contributed by atoms with Crippen molar-refractivity contribution in [3.8, 4) is 0 Å². The van der Waals surface area contributed by atoms with Crippen LogP contribution in [-0.4, -0.2) is 6.29 Å². The molecule has 1 nitrogen and oxygen atoms in total. The molecule has 1 heteroatoms. The van der Waals surface area contributed by atoms with Gasteiger partial charge in [-0.15, -0.1) is 0 Å². The third-order valence-corrected chi connectivity index (χ3v) is 2.35. The van der Waals surface area contributed by atoms with Crippen LogP contribution in [-0.2, 0) is 4.79 Å². The average molecular weight is 210 g/mol. The molecule has 0 spiro atoms. The van der Waals surface area contributed by atoms with Crippen molar-refractivity contribution in [1.29, 1.82) is 0 Å². The Labute approximate surface area is 95.0 Å². The molecule has 15 heavy (non-hydrogen) atoms. The molecule has 0 saturated carbocycles. The van der Waals surface area contributed by atoms with Gasteiger partial charge in [0.15, 0.2) is 0 Å². The minimum atomic E-state index is 0.492. The molecule has 0 aromatic rings. The van der Waals surface area contributed by atoms with E-state index in [1.165, 1.54) is 12.0 Å². The van der Waals surface area contributed by atoms with Gasteiger partial charge in [0.05, 0.1) is 0 Å². The van der Waals surface area contributed by atoms with Crippen molar-refractivity contribution in [2.75, 3.05) is 0 Å². The normalized spacial score (nSPS) is 14.7. The Bertz CT molecular complexity index is 201. The zero-order valence-corrected chi connectivity index (χ0v) is 10.9. The van der Waals surface area contributed by atoms with Crippen LogP contribution < -0.4 is 0 Å². The van der Waals surface area contributed by atoms with Crippen molar-refractivity contribution in [3.63, 3.8) is 0 Å². The number of hydrogen-bond donors (Lipinski definition) is 0. The summed E-state index contributed by atoms with van der Waals surface area (Å²) in [5, 5.41) is 0. The maximum absolute atomic E-state index is 10.4. The van der Waals surface area contributed by atoms with E-state index in [2.05, 4.69) is 40.7 Å². The van der Waals surface area contributed by atoms with Crippen LogP contribution in [0.5, 0.6) is 0 Å². The van der Waals surface area contributed by atoms with E-state index in [0.29, 0.717) is 24.2 Å². The van der Waals surface area contributed by atoms with E-state index in [4.69, 9.17) is 0 Å². The van der Waals surface area contributed by atoms with Gasteiger partial charge in [0.2, 0.25) is 0 Å². The lowest BCUT2D eigenvalue weighted by Crippen LogP contribution is -2.02. The van der Waals surface area contributed by atoms with Crippen LogP contribution in [0, 0.1) is 17.8 Å². The van der Waals surface area contributed by atoms with E-state index in [0.717, 1.165) is 12.7 Å². The van der Waals surface area contributed by atoms with Gasteiger partial charge in [-0.3, -0.25) is 0 Å². The number of allylic oxidation sites excluding steroid dienone is 2. The zero-order valence-electron chi connectivity index (χ0n) is 10.9. The Kier molecular flexibility index (Phi) is 7.37. The Morgan fingerprint density at radius 1 is 1.07 bits per heavy atom. The highest BCUT2D eigenvalue weighted by atomic mass is 16.1. The molecule has 0 aliphatic rings. The second-order valence-corrected chi connectivity index (χ2v) is 5.38. The maximum atomic E-state index is 10.4. The summed E-state index contributed by atoms with van der Waals surface area (Å²) < 4.78 is 0. The van der Waals surface area contributed by atoms with Gasteiger partial charge in [-0.1, -0.05) is 46.3 Å². The van der Waals surface area contributed by atoms with Crippen LogP contribution in [0.25, 0.3) is 0 Å². The number of hydrogen-bond acceptors (Lipinski definition) is 1. The second kappa shape index (κ2) is 7.67. The smallest absolute Gasteiger partial charge is 0.120 e. The van der Waals surface area contributed by atoms with Crippen LogP contribution in [0.4, 0.5) is 0 Å². The van der Waals surface area contributed by atoms with Crippen molar-refractivity contribution in [2.45, 2.75) is 53.9 Å². The van der Waals surface area contributed by atoms with Crippen molar-refractivity contribution in [2.24, 2.45) is 17.8 Å². The lowest BCUT2D eigenvalue weighted by atomic mass is 9.91. The van der Waals surface area contributed by atoms with Gasteiger partial charge in [0, 0.05) is 6.42 Å². The van der Waals surface area contributed by atoms with Gasteiger partial charge >= 0.3 is 0 Å². The van der Waals surface area contributed by atoms with E-state index in [1.807, 2.05) is 0 Å². The molecule has 0 amide bonds. The van der Waals surface area contributed by atoms with Gasteiger partial charge in [-0.2, -0.15) is 0 Å². The standard InChI is InChI=1S/C14H26O/c1-11(2)8-14(9-12(3)4)10-13(5)6-7-15/h7-8,11-13H,6,9-10H2,1-5H3. The highest BCUT2D eigenvalue weighted by molar-refractivity contribution is 5.49.